The molecule has 114 valence electrons. The van der Waals surface area contributed by atoms with E-state index in [-0.39, 0.29) is 28.8 Å². The Morgan fingerprint density at radius 2 is 1.77 bits per heavy atom. The zero-order valence-corrected chi connectivity index (χ0v) is 11.1. The van der Waals surface area contributed by atoms with Crippen molar-refractivity contribution in [3.63, 3.8) is 0 Å². The number of benzene rings is 1. The number of nitriles is 1. The van der Waals surface area contributed by atoms with Crippen molar-refractivity contribution in [3.8, 4) is 23.1 Å². The van der Waals surface area contributed by atoms with Gasteiger partial charge in [-0.05, 0) is 24.3 Å². The largest absolute Gasteiger partial charge is 0.484 e. The summed E-state index contributed by atoms with van der Waals surface area (Å²) in [5, 5.41) is 9.08. The molecule has 0 bridgehead atoms. The summed E-state index contributed by atoms with van der Waals surface area (Å²) in [6, 6.07) is 7.43. The number of ether oxygens (including phenoxy) is 1. The highest BCUT2D eigenvalue weighted by molar-refractivity contribution is 5.73. The lowest BCUT2D eigenvalue weighted by molar-refractivity contribution is -0.153. The number of hydrogen-bond acceptors (Lipinski definition) is 6. The van der Waals surface area contributed by atoms with Gasteiger partial charge in [-0.15, -0.1) is 0 Å². The number of rotatable bonds is 3. The lowest BCUT2D eigenvalue weighted by atomic mass is 10.1. The van der Waals surface area contributed by atoms with Gasteiger partial charge in [-0.3, -0.25) is 0 Å². The first kappa shape index (κ1) is 15.4. The van der Waals surface area contributed by atoms with Gasteiger partial charge in [0.1, 0.15) is 23.2 Å². The van der Waals surface area contributed by atoms with Crippen LogP contribution in [0, 0.1) is 11.3 Å². The van der Waals surface area contributed by atoms with Crippen LogP contribution < -0.4 is 16.2 Å². The first-order valence-corrected chi connectivity index (χ1v) is 5.93. The first-order valence-electron chi connectivity index (χ1n) is 5.93. The van der Waals surface area contributed by atoms with Crippen LogP contribution in [0.1, 0.15) is 5.56 Å². The monoisotopic (exact) mass is 309 g/mol. The Morgan fingerprint density at radius 1 is 1.14 bits per heavy atom. The van der Waals surface area contributed by atoms with E-state index >= 15 is 0 Å². The Morgan fingerprint density at radius 3 is 2.32 bits per heavy atom. The van der Waals surface area contributed by atoms with E-state index in [1.807, 2.05) is 6.07 Å². The lowest BCUT2D eigenvalue weighted by Gasteiger charge is -2.10. The number of alkyl halides is 3. The molecule has 2 aromatic rings. The molecule has 0 unspecified atom stereocenters. The summed E-state index contributed by atoms with van der Waals surface area (Å²) in [7, 11) is 0. The smallest absolute Gasteiger partial charge is 0.422 e. The summed E-state index contributed by atoms with van der Waals surface area (Å²) < 4.78 is 40.8. The molecule has 2 rings (SSSR count). The fourth-order valence-corrected chi connectivity index (χ4v) is 1.69. The van der Waals surface area contributed by atoms with Crippen LogP contribution >= 0.6 is 0 Å². The molecule has 6 nitrogen and oxygen atoms in total. The molecule has 0 radical (unpaired) electrons. The van der Waals surface area contributed by atoms with Crippen LogP contribution in [0.3, 0.4) is 0 Å². The highest BCUT2D eigenvalue weighted by Gasteiger charge is 2.28. The van der Waals surface area contributed by atoms with Crippen molar-refractivity contribution in [1.29, 1.82) is 5.26 Å². The highest BCUT2D eigenvalue weighted by Crippen LogP contribution is 2.27. The van der Waals surface area contributed by atoms with Crippen molar-refractivity contribution >= 4 is 11.8 Å². The second kappa shape index (κ2) is 5.77. The summed E-state index contributed by atoms with van der Waals surface area (Å²) >= 11 is 0. The molecule has 0 saturated heterocycles. The van der Waals surface area contributed by atoms with Crippen molar-refractivity contribution in [3.05, 3.63) is 29.8 Å². The van der Waals surface area contributed by atoms with Gasteiger partial charge in [-0.2, -0.15) is 23.4 Å². The number of aromatic nitrogens is 2. The Hall–Kier alpha value is -3.02. The predicted octanol–water partition coefficient (Wildman–Crippen LogP) is 2.12. The molecule has 1 aromatic carbocycles. The zero-order valence-electron chi connectivity index (χ0n) is 11.1. The van der Waals surface area contributed by atoms with Gasteiger partial charge in [0.25, 0.3) is 0 Å². The van der Waals surface area contributed by atoms with E-state index in [1.54, 1.807) is 0 Å². The molecule has 0 aliphatic heterocycles. The van der Waals surface area contributed by atoms with Crippen LogP contribution in [0.5, 0.6) is 5.75 Å². The van der Waals surface area contributed by atoms with Crippen LogP contribution in [0.15, 0.2) is 24.3 Å². The molecule has 1 heterocycles. The van der Waals surface area contributed by atoms with Gasteiger partial charge in [0.2, 0.25) is 5.95 Å². The average Bonchev–Trinajstić information content (AvgIpc) is 2.44. The molecule has 1 aromatic heterocycles. The lowest BCUT2D eigenvalue weighted by Crippen LogP contribution is -2.19. The second-order valence-electron chi connectivity index (χ2n) is 4.23. The standard InChI is InChI=1S/C13H10F3N5O/c14-13(15,16)6-22-8-3-1-7(2-4-8)10-9(5-17)11(18)21-12(19)20-10/h1-4H,6H2,(H4,18,19,20,21). The zero-order chi connectivity index (χ0) is 16.3. The van der Waals surface area contributed by atoms with Crippen LogP contribution in [-0.2, 0) is 0 Å². The maximum atomic E-state index is 12.1. The minimum atomic E-state index is -4.41. The number of nitrogens with zero attached hydrogens (tertiary/aromatic N) is 3. The van der Waals surface area contributed by atoms with Crippen molar-refractivity contribution in [2.75, 3.05) is 18.1 Å². The molecule has 0 spiro atoms. The van der Waals surface area contributed by atoms with E-state index in [0.717, 1.165) is 0 Å². The van der Waals surface area contributed by atoms with E-state index in [0.29, 0.717) is 5.56 Å². The number of hydrogen-bond donors (Lipinski definition) is 2. The van der Waals surface area contributed by atoms with Crippen molar-refractivity contribution in [1.82, 2.24) is 9.97 Å². The molecule has 0 atom stereocenters. The highest BCUT2D eigenvalue weighted by atomic mass is 19.4. The minimum absolute atomic E-state index is 0.0367. The molecule has 4 N–H and O–H groups in total. The summed E-state index contributed by atoms with van der Waals surface area (Å²) in [5.41, 5.74) is 11.8. The number of halogens is 3. The number of anilines is 2. The molecule has 0 aliphatic rings. The van der Waals surface area contributed by atoms with Crippen molar-refractivity contribution in [2.24, 2.45) is 0 Å². The summed E-state index contributed by atoms with van der Waals surface area (Å²) in [4.78, 5) is 7.61. The molecule has 9 heteroatoms. The van der Waals surface area contributed by atoms with Gasteiger partial charge in [0, 0.05) is 5.56 Å². The number of nitrogens with two attached hydrogens (primary N) is 2. The summed E-state index contributed by atoms with van der Waals surface area (Å²) in [6.45, 7) is -1.39. The van der Waals surface area contributed by atoms with E-state index < -0.39 is 12.8 Å². The van der Waals surface area contributed by atoms with Gasteiger partial charge in [-0.25, -0.2) is 4.98 Å². The van der Waals surface area contributed by atoms with Crippen LogP contribution in [0.2, 0.25) is 0 Å². The third kappa shape index (κ3) is 3.54. The fraction of sp³-hybridized carbons (Fsp3) is 0.154. The Kier molecular flexibility index (Phi) is 4.03. The molecular formula is C13H10F3N5O. The van der Waals surface area contributed by atoms with E-state index in [9.17, 15) is 13.2 Å². The van der Waals surface area contributed by atoms with E-state index in [1.165, 1.54) is 24.3 Å². The Bertz CT molecular complexity index is 722. The van der Waals surface area contributed by atoms with E-state index in [4.69, 9.17) is 16.7 Å². The normalized spacial score (nSPS) is 11.0. The summed E-state index contributed by atoms with van der Waals surface area (Å²) in [6.07, 6.45) is -4.41. The van der Waals surface area contributed by atoms with Gasteiger partial charge in [0.05, 0.1) is 5.69 Å². The van der Waals surface area contributed by atoms with Gasteiger partial charge >= 0.3 is 6.18 Å². The minimum Gasteiger partial charge on any atom is -0.484 e. The molecule has 0 amide bonds. The van der Waals surface area contributed by atoms with Crippen molar-refractivity contribution < 1.29 is 17.9 Å². The van der Waals surface area contributed by atoms with E-state index in [2.05, 4.69) is 14.7 Å². The van der Waals surface area contributed by atoms with Gasteiger partial charge < -0.3 is 16.2 Å². The van der Waals surface area contributed by atoms with Crippen molar-refractivity contribution in [2.45, 2.75) is 6.18 Å². The Labute approximate surface area is 123 Å². The van der Waals surface area contributed by atoms with Gasteiger partial charge in [0.15, 0.2) is 6.61 Å². The SMILES string of the molecule is N#Cc1c(N)nc(N)nc1-c1ccc(OCC(F)(F)F)cc1. The second-order valence-corrected chi connectivity index (χ2v) is 4.23. The predicted molar refractivity (Wildman–Crippen MR) is 72.6 cm³/mol. The Balaban J connectivity index is 2.30. The maximum absolute atomic E-state index is 12.1. The quantitative estimate of drug-likeness (QED) is 0.898. The third-order valence-electron chi connectivity index (χ3n) is 2.60. The van der Waals surface area contributed by atoms with Crippen LogP contribution in [-0.4, -0.2) is 22.8 Å². The molecule has 22 heavy (non-hydrogen) atoms. The molecule has 0 aliphatic carbocycles. The number of nitrogen functional groups attached to an aromatic ring is 2. The first-order chi connectivity index (χ1) is 10.3. The van der Waals surface area contributed by atoms with Gasteiger partial charge in [-0.1, -0.05) is 0 Å². The topological polar surface area (TPSA) is 111 Å². The van der Waals surface area contributed by atoms with Crippen LogP contribution in [0.25, 0.3) is 11.3 Å². The van der Waals surface area contributed by atoms with Crippen LogP contribution in [0.4, 0.5) is 24.9 Å². The fourth-order valence-electron chi connectivity index (χ4n) is 1.69. The molecular weight excluding hydrogens is 299 g/mol. The summed E-state index contributed by atoms with van der Waals surface area (Å²) in [5.74, 6) is -0.138. The molecule has 0 fully saturated rings. The average molecular weight is 309 g/mol. The molecule has 0 saturated carbocycles. The maximum Gasteiger partial charge on any atom is 0.422 e. The third-order valence-corrected chi connectivity index (χ3v) is 2.60.